The third kappa shape index (κ3) is 4.20. The van der Waals surface area contributed by atoms with Crippen LogP contribution < -0.4 is 10.2 Å². The molecule has 1 aliphatic heterocycles. The lowest BCUT2D eigenvalue weighted by molar-refractivity contribution is 0.102. The summed E-state index contributed by atoms with van der Waals surface area (Å²) in [5, 5.41) is 2.26. The molecule has 0 aromatic heterocycles. The van der Waals surface area contributed by atoms with Crippen LogP contribution in [-0.2, 0) is 14.6 Å². The summed E-state index contributed by atoms with van der Waals surface area (Å²) in [5.41, 5.74) is 2.83. The van der Waals surface area contributed by atoms with Gasteiger partial charge >= 0.3 is 0 Å². The second-order valence-corrected chi connectivity index (χ2v) is 9.62. The van der Waals surface area contributed by atoms with Crippen LogP contribution in [0.1, 0.15) is 29.8 Å². The minimum atomic E-state index is -3.56. The lowest BCUT2D eigenvalue weighted by Crippen LogP contribution is -2.36. The summed E-state index contributed by atoms with van der Waals surface area (Å²) in [4.78, 5) is 15.1. The number of amides is 1. The van der Waals surface area contributed by atoms with E-state index in [1.807, 2.05) is 25.1 Å². The number of carbonyl (C=O) groups excluding carboxylic acids is 1. The van der Waals surface area contributed by atoms with E-state index in [1.54, 1.807) is 32.0 Å². The van der Waals surface area contributed by atoms with Gasteiger partial charge in [0.1, 0.15) is 0 Å². The fourth-order valence-corrected chi connectivity index (χ4v) is 4.40. The first-order valence-corrected chi connectivity index (χ1v) is 10.9. The molecule has 1 N–H and O–H groups in total. The van der Waals surface area contributed by atoms with Gasteiger partial charge in [0.15, 0.2) is 9.84 Å². The molecule has 0 saturated carbocycles. The first-order valence-electron chi connectivity index (χ1n) is 9.38. The summed E-state index contributed by atoms with van der Waals surface area (Å²) in [6.07, 6.45) is 0. The zero-order valence-corrected chi connectivity index (χ0v) is 17.3. The van der Waals surface area contributed by atoms with Gasteiger partial charge in [0.25, 0.3) is 5.91 Å². The Hall–Kier alpha value is -2.38. The third-order valence-corrected chi connectivity index (χ3v) is 7.10. The van der Waals surface area contributed by atoms with Crippen molar-refractivity contribution in [2.75, 3.05) is 36.5 Å². The van der Waals surface area contributed by atoms with Gasteiger partial charge in [-0.25, -0.2) is 8.42 Å². The molecule has 1 amide bonds. The molecule has 6 nitrogen and oxygen atoms in total. The van der Waals surface area contributed by atoms with Gasteiger partial charge in [-0.1, -0.05) is 12.1 Å². The molecule has 1 fully saturated rings. The molecule has 0 radical (unpaired) electrons. The molecule has 0 atom stereocenters. The zero-order valence-electron chi connectivity index (χ0n) is 16.4. The maximum Gasteiger partial charge on any atom is 0.256 e. The molecule has 1 heterocycles. The van der Waals surface area contributed by atoms with E-state index in [-0.39, 0.29) is 10.5 Å². The fourth-order valence-electron chi connectivity index (χ4n) is 3.15. The number of carbonyl (C=O) groups is 1. The number of anilines is 2. The Labute approximate surface area is 166 Å². The predicted molar refractivity (Wildman–Crippen MR) is 111 cm³/mol. The van der Waals surface area contributed by atoms with Crippen LogP contribution in [0.2, 0.25) is 0 Å². The first kappa shape index (κ1) is 20.4. The van der Waals surface area contributed by atoms with Gasteiger partial charge < -0.3 is 15.0 Å². The van der Waals surface area contributed by atoms with E-state index < -0.39 is 21.0 Å². The Morgan fingerprint density at radius 3 is 2.43 bits per heavy atom. The molecule has 150 valence electrons. The SMILES string of the molecule is Cc1cc(N2CCOCC2)ccc1NC(=O)c1ccccc1S(=O)(=O)C(C)C. The molecule has 28 heavy (non-hydrogen) atoms. The van der Waals surface area contributed by atoms with Crippen LogP contribution >= 0.6 is 0 Å². The van der Waals surface area contributed by atoms with Crippen LogP contribution in [0.25, 0.3) is 0 Å². The highest BCUT2D eigenvalue weighted by Crippen LogP contribution is 2.26. The molecule has 0 unspecified atom stereocenters. The molecule has 1 saturated heterocycles. The second-order valence-electron chi connectivity index (χ2n) is 7.14. The van der Waals surface area contributed by atoms with E-state index in [0.29, 0.717) is 18.9 Å². The molecule has 7 heteroatoms. The summed E-state index contributed by atoms with van der Waals surface area (Å²) in [6.45, 7) is 8.24. The van der Waals surface area contributed by atoms with Crippen molar-refractivity contribution in [2.24, 2.45) is 0 Å². The van der Waals surface area contributed by atoms with Crippen molar-refractivity contribution >= 4 is 27.1 Å². The van der Waals surface area contributed by atoms with Crippen molar-refractivity contribution < 1.29 is 17.9 Å². The van der Waals surface area contributed by atoms with Crippen molar-refractivity contribution in [1.29, 1.82) is 0 Å². The normalized spacial score (nSPS) is 14.9. The van der Waals surface area contributed by atoms with E-state index in [2.05, 4.69) is 10.2 Å². The highest BCUT2D eigenvalue weighted by Gasteiger charge is 2.25. The third-order valence-electron chi connectivity index (χ3n) is 4.89. The smallest absolute Gasteiger partial charge is 0.256 e. The number of rotatable bonds is 5. The van der Waals surface area contributed by atoms with Crippen molar-refractivity contribution in [3.05, 3.63) is 53.6 Å². The number of nitrogens with one attached hydrogen (secondary N) is 1. The Morgan fingerprint density at radius 2 is 1.79 bits per heavy atom. The topological polar surface area (TPSA) is 75.7 Å². The quantitative estimate of drug-likeness (QED) is 0.831. The van der Waals surface area contributed by atoms with E-state index in [0.717, 1.165) is 24.3 Å². The summed E-state index contributed by atoms with van der Waals surface area (Å²) in [5.74, 6) is -0.429. The van der Waals surface area contributed by atoms with E-state index in [4.69, 9.17) is 4.74 Å². The second kappa shape index (κ2) is 8.32. The summed E-state index contributed by atoms with van der Waals surface area (Å²) < 4.78 is 30.6. The average Bonchev–Trinajstić information content (AvgIpc) is 2.70. The van der Waals surface area contributed by atoms with Crippen LogP contribution in [0, 0.1) is 6.92 Å². The standard InChI is InChI=1S/C21H26N2O4S/c1-15(2)28(25,26)20-7-5-4-6-18(20)21(24)22-19-9-8-17(14-16(19)3)23-10-12-27-13-11-23/h4-9,14-15H,10-13H2,1-3H3,(H,22,24). The largest absolute Gasteiger partial charge is 0.378 e. The van der Waals surface area contributed by atoms with Gasteiger partial charge in [0.2, 0.25) is 0 Å². The van der Waals surface area contributed by atoms with Gasteiger partial charge in [-0.2, -0.15) is 0 Å². The minimum Gasteiger partial charge on any atom is -0.378 e. The van der Waals surface area contributed by atoms with Crippen LogP contribution in [0.4, 0.5) is 11.4 Å². The van der Waals surface area contributed by atoms with Crippen molar-refractivity contribution in [1.82, 2.24) is 0 Å². The molecule has 3 rings (SSSR count). The Kier molecular flexibility index (Phi) is 6.05. The van der Waals surface area contributed by atoms with Gasteiger partial charge in [0.05, 0.1) is 28.9 Å². The van der Waals surface area contributed by atoms with Crippen LogP contribution in [0.15, 0.2) is 47.4 Å². The number of benzene rings is 2. The van der Waals surface area contributed by atoms with Crippen LogP contribution in [0.5, 0.6) is 0 Å². The number of hydrogen-bond donors (Lipinski definition) is 1. The van der Waals surface area contributed by atoms with Crippen molar-refractivity contribution in [3.8, 4) is 0 Å². The molecule has 0 spiro atoms. The minimum absolute atomic E-state index is 0.0603. The van der Waals surface area contributed by atoms with Crippen LogP contribution in [-0.4, -0.2) is 45.9 Å². The number of sulfone groups is 1. The average molecular weight is 403 g/mol. The number of nitrogens with zero attached hydrogens (tertiary/aromatic N) is 1. The molecule has 0 bridgehead atoms. The lowest BCUT2D eigenvalue weighted by Gasteiger charge is -2.29. The zero-order chi connectivity index (χ0) is 20.3. The Morgan fingerprint density at radius 1 is 1.11 bits per heavy atom. The first-order chi connectivity index (χ1) is 13.3. The maximum absolute atomic E-state index is 12.8. The molecular weight excluding hydrogens is 376 g/mol. The number of ether oxygens (including phenoxy) is 1. The van der Waals surface area contributed by atoms with Crippen LogP contribution in [0.3, 0.4) is 0 Å². The fraction of sp³-hybridized carbons (Fsp3) is 0.381. The monoisotopic (exact) mass is 402 g/mol. The molecule has 2 aromatic rings. The Balaban J connectivity index is 1.84. The van der Waals surface area contributed by atoms with E-state index >= 15 is 0 Å². The molecule has 2 aromatic carbocycles. The highest BCUT2D eigenvalue weighted by molar-refractivity contribution is 7.92. The summed E-state index contributed by atoms with van der Waals surface area (Å²) in [7, 11) is -3.56. The van der Waals surface area contributed by atoms with Crippen molar-refractivity contribution in [2.45, 2.75) is 30.9 Å². The lowest BCUT2D eigenvalue weighted by atomic mass is 10.1. The van der Waals surface area contributed by atoms with Gasteiger partial charge in [-0.3, -0.25) is 4.79 Å². The Bertz CT molecular complexity index is 964. The van der Waals surface area contributed by atoms with E-state index in [9.17, 15) is 13.2 Å². The van der Waals surface area contributed by atoms with Gasteiger partial charge in [-0.15, -0.1) is 0 Å². The molecule has 1 aliphatic rings. The predicted octanol–water partition coefficient (Wildman–Crippen LogP) is 3.27. The van der Waals surface area contributed by atoms with E-state index in [1.165, 1.54) is 6.07 Å². The maximum atomic E-state index is 12.8. The molecular formula is C21H26N2O4S. The van der Waals surface area contributed by atoms with Gasteiger partial charge in [-0.05, 0) is 56.7 Å². The number of hydrogen-bond acceptors (Lipinski definition) is 5. The number of aryl methyl sites for hydroxylation is 1. The summed E-state index contributed by atoms with van der Waals surface area (Å²) >= 11 is 0. The number of morpholine rings is 1. The highest BCUT2D eigenvalue weighted by atomic mass is 32.2. The van der Waals surface area contributed by atoms with Crippen molar-refractivity contribution in [3.63, 3.8) is 0 Å². The molecule has 0 aliphatic carbocycles. The van der Waals surface area contributed by atoms with Gasteiger partial charge in [0, 0.05) is 24.5 Å². The summed E-state index contributed by atoms with van der Waals surface area (Å²) in [6, 6.07) is 12.2.